The van der Waals surface area contributed by atoms with Crippen LogP contribution in [0.15, 0.2) is 40.9 Å². The second kappa shape index (κ2) is 6.43. The first-order valence-electron chi connectivity index (χ1n) is 6.18. The van der Waals surface area contributed by atoms with Crippen molar-refractivity contribution in [3.63, 3.8) is 0 Å². The number of nitrogens with one attached hydrogen (secondary N) is 1. The van der Waals surface area contributed by atoms with Gasteiger partial charge >= 0.3 is 0 Å². The van der Waals surface area contributed by atoms with Crippen LogP contribution in [-0.4, -0.2) is 0 Å². The lowest BCUT2D eigenvalue weighted by molar-refractivity contribution is 0.506. The molecule has 2 rings (SSSR count). The van der Waals surface area contributed by atoms with Crippen molar-refractivity contribution in [2.24, 2.45) is 5.84 Å². The molecule has 0 bridgehead atoms. The quantitative estimate of drug-likeness (QED) is 0.656. The van der Waals surface area contributed by atoms with Gasteiger partial charge in [-0.2, -0.15) is 0 Å². The minimum absolute atomic E-state index is 0.311. The second-order valence-electron chi connectivity index (χ2n) is 4.63. The van der Waals surface area contributed by atoms with Crippen LogP contribution in [0, 0.1) is 18.6 Å². The molecule has 0 saturated carbocycles. The van der Waals surface area contributed by atoms with Crippen molar-refractivity contribution in [2.45, 2.75) is 19.4 Å². The van der Waals surface area contributed by atoms with E-state index in [0.717, 1.165) is 11.1 Å². The van der Waals surface area contributed by atoms with E-state index in [1.165, 1.54) is 18.2 Å². The molecule has 0 saturated heterocycles. The fourth-order valence-electron chi connectivity index (χ4n) is 2.17. The lowest BCUT2D eigenvalue weighted by Crippen LogP contribution is -2.30. The summed E-state index contributed by atoms with van der Waals surface area (Å²) in [6.07, 6.45) is 0.402. The van der Waals surface area contributed by atoms with Gasteiger partial charge in [0.1, 0.15) is 11.6 Å². The number of nitrogens with two attached hydrogens (primary N) is 1. The van der Waals surface area contributed by atoms with E-state index in [2.05, 4.69) is 21.4 Å². The Hall–Kier alpha value is -1.30. The molecule has 2 nitrogen and oxygen atoms in total. The molecule has 0 aliphatic carbocycles. The summed E-state index contributed by atoms with van der Waals surface area (Å²) in [5.41, 5.74) is 4.78. The average Bonchev–Trinajstić information content (AvgIpc) is 2.41. The van der Waals surface area contributed by atoms with Crippen molar-refractivity contribution in [1.82, 2.24) is 5.43 Å². The van der Waals surface area contributed by atoms with Gasteiger partial charge in [0.15, 0.2) is 0 Å². The Morgan fingerprint density at radius 2 is 2.00 bits per heavy atom. The van der Waals surface area contributed by atoms with Crippen LogP contribution in [-0.2, 0) is 6.42 Å². The Bertz CT molecular complexity index is 597. The average molecular weight is 341 g/mol. The summed E-state index contributed by atoms with van der Waals surface area (Å²) in [5.74, 6) is 4.89. The van der Waals surface area contributed by atoms with E-state index < -0.39 is 6.04 Å². The van der Waals surface area contributed by atoms with E-state index in [1.807, 2.05) is 6.92 Å². The first kappa shape index (κ1) is 15.1. The van der Waals surface area contributed by atoms with E-state index in [-0.39, 0.29) is 11.6 Å². The second-order valence-corrected chi connectivity index (χ2v) is 5.48. The van der Waals surface area contributed by atoms with Gasteiger partial charge in [0.05, 0.1) is 6.04 Å². The molecule has 0 heterocycles. The largest absolute Gasteiger partial charge is 0.271 e. The van der Waals surface area contributed by atoms with E-state index in [0.29, 0.717) is 16.5 Å². The zero-order chi connectivity index (χ0) is 14.7. The van der Waals surface area contributed by atoms with E-state index in [1.54, 1.807) is 18.2 Å². The van der Waals surface area contributed by atoms with Gasteiger partial charge in [0, 0.05) is 10.0 Å². The van der Waals surface area contributed by atoms with Crippen LogP contribution in [0.2, 0.25) is 0 Å². The van der Waals surface area contributed by atoms with Gasteiger partial charge in [-0.1, -0.05) is 28.1 Å². The molecule has 106 valence electrons. The van der Waals surface area contributed by atoms with Gasteiger partial charge in [-0.3, -0.25) is 11.3 Å². The molecule has 2 aromatic carbocycles. The van der Waals surface area contributed by atoms with E-state index in [4.69, 9.17) is 5.84 Å². The normalized spacial score (nSPS) is 12.4. The Kier molecular flexibility index (Phi) is 4.86. The molecule has 1 unspecified atom stereocenters. The van der Waals surface area contributed by atoms with Crippen molar-refractivity contribution >= 4 is 15.9 Å². The molecule has 1 atom stereocenters. The Morgan fingerprint density at radius 1 is 1.25 bits per heavy atom. The number of halogens is 3. The third-order valence-corrected chi connectivity index (χ3v) is 3.98. The number of rotatable bonds is 4. The fourth-order valence-corrected chi connectivity index (χ4v) is 2.79. The predicted octanol–water partition coefficient (Wildman–Crippen LogP) is 3.78. The highest BCUT2D eigenvalue weighted by molar-refractivity contribution is 9.10. The summed E-state index contributed by atoms with van der Waals surface area (Å²) >= 11 is 3.33. The topological polar surface area (TPSA) is 38.0 Å². The third kappa shape index (κ3) is 3.23. The van der Waals surface area contributed by atoms with Crippen molar-refractivity contribution in [2.75, 3.05) is 0 Å². The Labute approximate surface area is 125 Å². The lowest BCUT2D eigenvalue weighted by atomic mass is 9.96. The number of benzene rings is 2. The molecule has 0 aliphatic heterocycles. The SMILES string of the molecule is Cc1ccc(F)cc1CC(NN)c1c(F)cccc1Br. The molecule has 3 N–H and O–H groups in total. The van der Waals surface area contributed by atoms with Crippen LogP contribution < -0.4 is 11.3 Å². The molecule has 0 aromatic heterocycles. The minimum atomic E-state index is -0.439. The molecular weight excluding hydrogens is 326 g/mol. The highest BCUT2D eigenvalue weighted by Crippen LogP contribution is 2.29. The summed E-state index contributed by atoms with van der Waals surface area (Å²) in [6, 6.07) is 8.87. The molecule has 0 fully saturated rings. The van der Waals surface area contributed by atoms with Crippen LogP contribution in [0.5, 0.6) is 0 Å². The fraction of sp³-hybridized carbons (Fsp3) is 0.200. The van der Waals surface area contributed by atoms with Crippen molar-refractivity contribution in [1.29, 1.82) is 0 Å². The maximum Gasteiger partial charge on any atom is 0.129 e. The third-order valence-electron chi connectivity index (χ3n) is 3.28. The van der Waals surface area contributed by atoms with Gasteiger partial charge in [0.25, 0.3) is 0 Å². The lowest BCUT2D eigenvalue weighted by Gasteiger charge is -2.19. The molecule has 0 amide bonds. The summed E-state index contributed by atoms with van der Waals surface area (Å²) in [6.45, 7) is 1.89. The minimum Gasteiger partial charge on any atom is -0.271 e. The zero-order valence-corrected chi connectivity index (χ0v) is 12.5. The van der Waals surface area contributed by atoms with Gasteiger partial charge in [0.2, 0.25) is 0 Å². The maximum atomic E-state index is 14.0. The number of hydrogen-bond acceptors (Lipinski definition) is 2. The van der Waals surface area contributed by atoms with Crippen LogP contribution >= 0.6 is 15.9 Å². The van der Waals surface area contributed by atoms with Crippen molar-refractivity contribution in [3.05, 3.63) is 69.2 Å². The first-order valence-corrected chi connectivity index (χ1v) is 6.97. The van der Waals surface area contributed by atoms with Crippen LogP contribution in [0.25, 0.3) is 0 Å². The number of aryl methyl sites for hydroxylation is 1. The predicted molar refractivity (Wildman–Crippen MR) is 79.0 cm³/mol. The van der Waals surface area contributed by atoms with Crippen LogP contribution in [0.3, 0.4) is 0 Å². The summed E-state index contributed by atoms with van der Waals surface area (Å²) in [5, 5.41) is 0. The summed E-state index contributed by atoms with van der Waals surface area (Å²) in [4.78, 5) is 0. The summed E-state index contributed by atoms with van der Waals surface area (Å²) in [7, 11) is 0. The van der Waals surface area contributed by atoms with Gasteiger partial charge in [-0.15, -0.1) is 0 Å². The van der Waals surface area contributed by atoms with Gasteiger partial charge in [-0.05, 0) is 48.7 Å². The molecule has 0 radical (unpaired) electrons. The number of hydrazine groups is 1. The van der Waals surface area contributed by atoms with Crippen LogP contribution in [0.4, 0.5) is 8.78 Å². The highest BCUT2D eigenvalue weighted by atomic mass is 79.9. The first-order chi connectivity index (χ1) is 9.52. The van der Waals surface area contributed by atoms with Gasteiger partial charge < -0.3 is 0 Å². The van der Waals surface area contributed by atoms with Crippen LogP contribution in [0.1, 0.15) is 22.7 Å². The van der Waals surface area contributed by atoms with E-state index in [9.17, 15) is 8.78 Å². The Balaban J connectivity index is 2.36. The molecule has 5 heteroatoms. The molecule has 2 aromatic rings. The molecule has 0 spiro atoms. The Morgan fingerprint density at radius 3 is 2.65 bits per heavy atom. The van der Waals surface area contributed by atoms with Crippen molar-refractivity contribution < 1.29 is 8.78 Å². The van der Waals surface area contributed by atoms with Gasteiger partial charge in [-0.25, -0.2) is 8.78 Å². The zero-order valence-electron chi connectivity index (χ0n) is 11.0. The maximum absolute atomic E-state index is 14.0. The summed E-state index contributed by atoms with van der Waals surface area (Å²) < 4.78 is 27.9. The smallest absolute Gasteiger partial charge is 0.129 e. The highest BCUT2D eigenvalue weighted by Gasteiger charge is 2.19. The molecule has 20 heavy (non-hydrogen) atoms. The molecule has 0 aliphatic rings. The number of hydrogen-bond donors (Lipinski definition) is 2. The standard InChI is InChI=1S/C15H15BrF2N2/c1-9-5-6-11(17)7-10(9)8-14(20-19)15-12(16)3-2-4-13(15)18/h2-7,14,20H,8,19H2,1H3. The molecular formula is C15H15BrF2N2. The monoisotopic (exact) mass is 340 g/mol. The van der Waals surface area contributed by atoms with E-state index >= 15 is 0 Å². The van der Waals surface area contributed by atoms with Crippen molar-refractivity contribution in [3.8, 4) is 0 Å².